The van der Waals surface area contributed by atoms with E-state index in [9.17, 15) is 0 Å². The maximum absolute atomic E-state index is 5.47. The Hall–Kier alpha value is -2.77. The van der Waals surface area contributed by atoms with Crippen molar-refractivity contribution in [3.63, 3.8) is 0 Å². The lowest BCUT2D eigenvalue weighted by molar-refractivity contribution is 0.350. The summed E-state index contributed by atoms with van der Waals surface area (Å²) in [7, 11) is 6.56. The van der Waals surface area contributed by atoms with Crippen molar-refractivity contribution in [3.8, 4) is 33.4 Å². The lowest BCUT2D eigenvalue weighted by Gasteiger charge is -2.12. The van der Waals surface area contributed by atoms with Gasteiger partial charge in [-0.15, -0.1) is 11.3 Å². The van der Waals surface area contributed by atoms with Crippen LogP contribution in [0.1, 0.15) is 10.6 Å². The van der Waals surface area contributed by atoms with Crippen LogP contribution in [0.2, 0.25) is 0 Å². The Balaban J connectivity index is 1.66. The standard InChI is InChI=1S/C21H24N2O4S/c1-24-16-9-8-14(10-18(16)26-3)19-12-23-20(28-19)13-22-11-15-6-5-7-17(25-2)21(15)27-4/h5-10,12,22H,11,13H2,1-4H3. The third kappa shape index (κ3) is 4.37. The maximum Gasteiger partial charge on any atom is 0.165 e. The molecular weight excluding hydrogens is 376 g/mol. The predicted octanol–water partition coefficient (Wildman–Crippen LogP) is 4.13. The van der Waals surface area contributed by atoms with Gasteiger partial charge in [0.05, 0.1) is 33.3 Å². The number of aromatic nitrogens is 1. The Morgan fingerprint density at radius 2 is 1.64 bits per heavy atom. The fourth-order valence-electron chi connectivity index (χ4n) is 2.91. The molecule has 7 heteroatoms. The molecule has 148 valence electrons. The molecule has 1 N–H and O–H groups in total. The fourth-order valence-corrected chi connectivity index (χ4v) is 3.80. The number of thiazole rings is 1. The molecule has 0 aliphatic heterocycles. The van der Waals surface area contributed by atoms with Crippen molar-refractivity contribution in [1.29, 1.82) is 0 Å². The van der Waals surface area contributed by atoms with E-state index in [2.05, 4.69) is 10.3 Å². The van der Waals surface area contributed by atoms with Gasteiger partial charge in [-0.05, 0) is 29.8 Å². The first-order valence-corrected chi connectivity index (χ1v) is 9.59. The number of nitrogens with one attached hydrogen (secondary N) is 1. The minimum Gasteiger partial charge on any atom is -0.493 e. The molecule has 0 saturated carbocycles. The first-order chi connectivity index (χ1) is 13.7. The summed E-state index contributed by atoms with van der Waals surface area (Å²) in [5.41, 5.74) is 2.09. The third-order valence-electron chi connectivity index (χ3n) is 4.30. The topological polar surface area (TPSA) is 61.8 Å². The van der Waals surface area contributed by atoms with Crippen molar-refractivity contribution in [1.82, 2.24) is 10.3 Å². The molecule has 0 aliphatic carbocycles. The minimum atomic E-state index is 0.658. The highest BCUT2D eigenvalue weighted by Gasteiger charge is 2.11. The van der Waals surface area contributed by atoms with Crippen LogP contribution in [-0.4, -0.2) is 33.4 Å². The van der Waals surface area contributed by atoms with Crippen LogP contribution in [0.4, 0.5) is 0 Å². The number of ether oxygens (including phenoxy) is 4. The zero-order valence-electron chi connectivity index (χ0n) is 16.4. The van der Waals surface area contributed by atoms with E-state index in [-0.39, 0.29) is 0 Å². The van der Waals surface area contributed by atoms with Crippen LogP contribution in [0.3, 0.4) is 0 Å². The average Bonchev–Trinajstić information content (AvgIpc) is 3.21. The molecule has 1 aromatic heterocycles. The number of hydrogen-bond donors (Lipinski definition) is 1. The second kappa shape index (κ2) is 9.43. The van der Waals surface area contributed by atoms with Crippen molar-refractivity contribution in [2.75, 3.05) is 28.4 Å². The van der Waals surface area contributed by atoms with E-state index >= 15 is 0 Å². The Morgan fingerprint density at radius 3 is 2.36 bits per heavy atom. The zero-order chi connectivity index (χ0) is 19.9. The van der Waals surface area contributed by atoms with Gasteiger partial charge in [0.2, 0.25) is 0 Å². The Bertz CT molecular complexity index is 927. The highest BCUT2D eigenvalue weighted by Crippen LogP contribution is 2.34. The van der Waals surface area contributed by atoms with E-state index < -0.39 is 0 Å². The normalized spacial score (nSPS) is 10.6. The van der Waals surface area contributed by atoms with Crippen molar-refractivity contribution in [3.05, 3.63) is 53.2 Å². The number of methoxy groups -OCH3 is 4. The van der Waals surface area contributed by atoms with Gasteiger partial charge in [-0.3, -0.25) is 0 Å². The van der Waals surface area contributed by atoms with Crippen molar-refractivity contribution in [2.24, 2.45) is 0 Å². The van der Waals surface area contributed by atoms with Gasteiger partial charge in [0.25, 0.3) is 0 Å². The van der Waals surface area contributed by atoms with E-state index in [1.807, 2.05) is 42.6 Å². The molecule has 0 saturated heterocycles. The summed E-state index contributed by atoms with van der Waals surface area (Å²) in [5.74, 6) is 2.90. The molecule has 0 spiro atoms. The molecule has 0 fully saturated rings. The monoisotopic (exact) mass is 400 g/mol. The molecule has 6 nitrogen and oxygen atoms in total. The number of rotatable bonds is 9. The Labute approximate surface area is 169 Å². The number of hydrogen-bond acceptors (Lipinski definition) is 7. The summed E-state index contributed by atoms with van der Waals surface area (Å²) in [6.45, 7) is 1.32. The molecule has 0 unspecified atom stereocenters. The first kappa shape index (κ1) is 20.0. The molecule has 3 rings (SSSR count). The predicted molar refractivity (Wildman–Crippen MR) is 111 cm³/mol. The molecule has 3 aromatic rings. The van der Waals surface area contributed by atoms with Crippen LogP contribution in [-0.2, 0) is 13.1 Å². The van der Waals surface area contributed by atoms with Gasteiger partial charge in [-0.25, -0.2) is 4.98 Å². The van der Waals surface area contributed by atoms with E-state index in [0.717, 1.165) is 32.5 Å². The highest BCUT2D eigenvalue weighted by atomic mass is 32.1. The zero-order valence-corrected chi connectivity index (χ0v) is 17.3. The van der Waals surface area contributed by atoms with Gasteiger partial charge in [0.1, 0.15) is 5.01 Å². The summed E-state index contributed by atoms with van der Waals surface area (Å²) in [6.07, 6.45) is 1.88. The molecule has 0 atom stereocenters. The lowest BCUT2D eigenvalue weighted by Crippen LogP contribution is -2.13. The van der Waals surface area contributed by atoms with E-state index in [4.69, 9.17) is 18.9 Å². The quantitative estimate of drug-likeness (QED) is 0.583. The van der Waals surface area contributed by atoms with E-state index in [1.54, 1.807) is 39.8 Å². The van der Waals surface area contributed by atoms with E-state index in [0.29, 0.717) is 24.6 Å². The second-order valence-electron chi connectivity index (χ2n) is 5.94. The molecule has 0 aliphatic rings. The lowest BCUT2D eigenvalue weighted by atomic mass is 10.2. The van der Waals surface area contributed by atoms with Crippen LogP contribution in [0.15, 0.2) is 42.6 Å². The van der Waals surface area contributed by atoms with Crippen LogP contribution < -0.4 is 24.3 Å². The Kier molecular flexibility index (Phi) is 6.73. The van der Waals surface area contributed by atoms with Gasteiger partial charge >= 0.3 is 0 Å². The van der Waals surface area contributed by atoms with Crippen molar-refractivity contribution in [2.45, 2.75) is 13.1 Å². The highest BCUT2D eigenvalue weighted by molar-refractivity contribution is 7.15. The first-order valence-electron chi connectivity index (χ1n) is 8.77. The smallest absolute Gasteiger partial charge is 0.165 e. The summed E-state index contributed by atoms with van der Waals surface area (Å²) >= 11 is 1.65. The van der Waals surface area contributed by atoms with Gasteiger partial charge in [0, 0.05) is 24.8 Å². The van der Waals surface area contributed by atoms with Gasteiger partial charge in [0.15, 0.2) is 23.0 Å². The summed E-state index contributed by atoms with van der Waals surface area (Å²) < 4.78 is 21.5. The summed E-state index contributed by atoms with van der Waals surface area (Å²) in [6, 6.07) is 11.7. The third-order valence-corrected chi connectivity index (χ3v) is 5.34. The fraction of sp³-hybridized carbons (Fsp3) is 0.286. The van der Waals surface area contributed by atoms with Crippen molar-refractivity contribution < 1.29 is 18.9 Å². The molecule has 0 amide bonds. The minimum absolute atomic E-state index is 0.658. The SMILES string of the molecule is COc1ccc(-c2cnc(CNCc3cccc(OC)c3OC)s2)cc1OC. The number of nitrogens with zero attached hydrogens (tertiary/aromatic N) is 1. The number of benzene rings is 2. The Morgan fingerprint density at radius 1 is 0.857 bits per heavy atom. The maximum atomic E-state index is 5.47. The van der Waals surface area contributed by atoms with Crippen LogP contribution in [0.5, 0.6) is 23.0 Å². The van der Waals surface area contributed by atoms with Crippen molar-refractivity contribution >= 4 is 11.3 Å². The molecular formula is C21H24N2O4S. The molecule has 1 heterocycles. The molecule has 28 heavy (non-hydrogen) atoms. The number of para-hydroxylation sites is 1. The van der Waals surface area contributed by atoms with Crippen LogP contribution in [0.25, 0.3) is 10.4 Å². The van der Waals surface area contributed by atoms with Crippen LogP contribution in [0, 0.1) is 0 Å². The van der Waals surface area contributed by atoms with Gasteiger partial charge in [-0.2, -0.15) is 0 Å². The van der Waals surface area contributed by atoms with Gasteiger partial charge in [-0.1, -0.05) is 12.1 Å². The molecule has 2 aromatic carbocycles. The van der Waals surface area contributed by atoms with Gasteiger partial charge < -0.3 is 24.3 Å². The average molecular weight is 401 g/mol. The molecule has 0 bridgehead atoms. The van der Waals surface area contributed by atoms with Crippen LogP contribution >= 0.6 is 11.3 Å². The summed E-state index contributed by atoms with van der Waals surface area (Å²) in [5, 5.41) is 4.42. The molecule has 0 radical (unpaired) electrons. The largest absolute Gasteiger partial charge is 0.493 e. The second-order valence-corrected chi connectivity index (χ2v) is 7.06. The summed E-state index contributed by atoms with van der Waals surface area (Å²) in [4.78, 5) is 5.61. The van der Waals surface area contributed by atoms with E-state index in [1.165, 1.54) is 0 Å².